The Hall–Kier alpha value is -2.85. The molecule has 3 aromatic rings. The lowest BCUT2D eigenvalue weighted by atomic mass is 9.78. The van der Waals surface area contributed by atoms with Crippen LogP contribution in [0.1, 0.15) is 53.4 Å². The number of hydrogen-bond acceptors (Lipinski definition) is 3. The van der Waals surface area contributed by atoms with Crippen molar-refractivity contribution in [2.45, 2.75) is 44.7 Å². The van der Waals surface area contributed by atoms with Gasteiger partial charge in [-0.2, -0.15) is 0 Å². The Bertz CT molecular complexity index is 987. The molecule has 162 valence electrons. The van der Waals surface area contributed by atoms with Crippen molar-refractivity contribution in [3.8, 4) is 11.3 Å². The van der Waals surface area contributed by atoms with Gasteiger partial charge < -0.3 is 14.6 Å². The average molecular weight is 417 g/mol. The van der Waals surface area contributed by atoms with Crippen molar-refractivity contribution >= 4 is 5.91 Å². The predicted octanol–water partition coefficient (Wildman–Crippen LogP) is 5.85. The van der Waals surface area contributed by atoms with Gasteiger partial charge in [0.25, 0.3) is 5.91 Å². The summed E-state index contributed by atoms with van der Waals surface area (Å²) in [6.45, 7) is 1.86. The summed E-state index contributed by atoms with van der Waals surface area (Å²) < 4.78 is 5.87. The number of carbonyl (C=O) groups is 1. The van der Waals surface area contributed by atoms with Crippen LogP contribution in [0.3, 0.4) is 0 Å². The molecule has 1 atom stereocenters. The first-order valence-electron chi connectivity index (χ1n) is 11.2. The average Bonchev–Trinajstić information content (AvgIpc) is 3.18. The van der Waals surface area contributed by atoms with Gasteiger partial charge in [-0.15, -0.1) is 0 Å². The monoisotopic (exact) mass is 416 g/mol. The first-order chi connectivity index (χ1) is 15.0. The highest BCUT2D eigenvalue weighted by molar-refractivity contribution is 5.96. The van der Waals surface area contributed by atoms with Gasteiger partial charge in [-0.1, -0.05) is 60.7 Å². The highest BCUT2D eigenvalue weighted by atomic mass is 16.3. The molecule has 4 nitrogen and oxygen atoms in total. The fourth-order valence-electron chi connectivity index (χ4n) is 4.94. The second kappa shape index (κ2) is 9.52. The summed E-state index contributed by atoms with van der Waals surface area (Å²) in [4.78, 5) is 15.3. The number of nitrogens with one attached hydrogen (secondary N) is 1. The molecule has 1 aliphatic rings. The molecule has 1 N–H and O–H groups in total. The van der Waals surface area contributed by atoms with Crippen LogP contribution in [0.5, 0.6) is 0 Å². The third-order valence-corrected chi connectivity index (χ3v) is 6.47. The Labute approximate surface area is 185 Å². The van der Waals surface area contributed by atoms with Crippen molar-refractivity contribution in [2.24, 2.45) is 5.92 Å². The summed E-state index contributed by atoms with van der Waals surface area (Å²) in [6, 6.07) is 23.2. The topological polar surface area (TPSA) is 45.5 Å². The summed E-state index contributed by atoms with van der Waals surface area (Å²) in [6.07, 6.45) is 4.25. The number of hydrogen-bond donors (Lipinski definition) is 1. The van der Waals surface area contributed by atoms with Gasteiger partial charge in [0.2, 0.25) is 0 Å². The summed E-state index contributed by atoms with van der Waals surface area (Å²) >= 11 is 0. The fourth-order valence-corrected chi connectivity index (χ4v) is 4.94. The molecule has 31 heavy (non-hydrogen) atoms. The van der Waals surface area contributed by atoms with E-state index < -0.39 is 0 Å². The van der Waals surface area contributed by atoms with Crippen LogP contribution in [0.2, 0.25) is 0 Å². The van der Waals surface area contributed by atoms with E-state index in [-0.39, 0.29) is 11.9 Å². The summed E-state index contributed by atoms with van der Waals surface area (Å²) in [5.74, 6) is 1.98. The van der Waals surface area contributed by atoms with Gasteiger partial charge in [-0.3, -0.25) is 4.79 Å². The van der Waals surface area contributed by atoms with Gasteiger partial charge in [-0.05, 0) is 64.3 Å². The van der Waals surface area contributed by atoms with Crippen molar-refractivity contribution in [2.75, 3.05) is 14.1 Å². The van der Waals surface area contributed by atoms with Crippen LogP contribution in [0, 0.1) is 12.8 Å². The molecule has 4 heteroatoms. The number of rotatable bonds is 6. The minimum absolute atomic E-state index is 0.0286. The normalized spacial score (nSPS) is 19.9. The van der Waals surface area contributed by atoms with E-state index >= 15 is 0 Å². The fraction of sp³-hybridized carbons (Fsp3) is 0.370. The quantitative estimate of drug-likeness (QED) is 0.548. The molecule has 0 saturated heterocycles. The molecule has 0 spiro atoms. The van der Waals surface area contributed by atoms with E-state index in [9.17, 15) is 4.79 Å². The van der Waals surface area contributed by atoms with Gasteiger partial charge in [0.15, 0.2) is 0 Å². The molecule has 0 radical (unpaired) electrons. The first kappa shape index (κ1) is 21.4. The zero-order valence-electron chi connectivity index (χ0n) is 18.7. The molecule has 1 saturated carbocycles. The Kier molecular flexibility index (Phi) is 6.57. The van der Waals surface area contributed by atoms with E-state index in [4.69, 9.17) is 4.42 Å². The van der Waals surface area contributed by atoms with Crippen LogP contribution in [0.25, 0.3) is 11.3 Å². The molecule has 1 amide bonds. The van der Waals surface area contributed by atoms with Crippen molar-refractivity contribution in [1.82, 2.24) is 10.2 Å². The molecule has 0 bridgehead atoms. The van der Waals surface area contributed by atoms with E-state index in [2.05, 4.69) is 54.6 Å². The SMILES string of the molecule is Cc1oc(-c2ccccc2)cc1C(=O)NC1CCC(C(c2ccccc2)N(C)C)CC1. The molecule has 1 fully saturated rings. The number of amides is 1. The van der Waals surface area contributed by atoms with E-state index in [1.807, 2.05) is 43.3 Å². The summed E-state index contributed by atoms with van der Waals surface area (Å²) in [5.41, 5.74) is 3.00. The number of carbonyl (C=O) groups excluding carboxylic acids is 1. The number of benzene rings is 2. The van der Waals surface area contributed by atoms with Crippen molar-refractivity contribution in [3.63, 3.8) is 0 Å². The van der Waals surface area contributed by atoms with Crippen LogP contribution < -0.4 is 5.32 Å². The molecule has 1 unspecified atom stereocenters. The van der Waals surface area contributed by atoms with E-state index in [1.54, 1.807) is 0 Å². The molecule has 1 aliphatic carbocycles. The largest absolute Gasteiger partial charge is 0.461 e. The zero-order chi connectivity index (χ0) is 21.8. The molecule has 1 aromatic heterocycles. The number of furan rings is 1. The van der Waals surface area contributed by atoms with Crippen molar-refractivity contribution in [1.29, 1.82) is 0 Å². The predicted molar refractivity (Wildman–Crippen MR) is 125 cm³/mol. The van der Waals surface area contributed by atoms with Crippen LogP contribution >= 0.6 is 0 Å². The maximum atomic E-state index is 12.9. The van der Waals surface area contributed by atoms with Gasteiger partial charge in [0.05, 0.1) is 5.56 Å². The van der Waals surface area contributed by atoms with Gasteiger partial charge in [0.1, 0.15) is 11.5 Å². The number of nitrogens with zero attached hydrogens (tertiary/aromatic N) is 1. The highest BCUT2D eigenvalue weighted by Crippen LogP contribution is 2.37. The van der Waals surface area contributed by atoms with E-state index in [1.165, 1.54) is 5.56 Å². The Morgan fingerprint density at radius 2 is 1.58 bits per heavy atom. The summed E-state index contributed by atoms with van der Waals surface area (Å²) in [5, 5.41) is 3.26. The maximum Gasteiger partial charge on any atom is 0.255 e. The molecular formula is C27H32N2O2. The molecule has 1 heterocycles. The van der Waals surface area contributed by atoms with E-state index in [0.717, 1.165) is 37.0 Å². The third kappa shape index (κ3) is 4.91. The molecular weight excluding hydrogens is 384 g/mol. The molecule has 2 aromatic carbocycles. The second-order valence-electron chi connectivity index (χ2n) is 8.85. The molecule has 4 rings (SSSR count). The van der Waals surface area contributed by atoms with Gasteiger partial charge >= 0.3 is 0 Å². The van der Waals surface area contributed by atoms with Crippen LogP contribution in [0.4, 0.5) is 0 Å². The maximum absolute atomic E-state index is 12.9. The van der Waals surface area contributed by atoms with Crippen LogP contribution in [-0.4, -0.2) is 30.9 Å². The lowest BCUT2D eigenvalue weighted by Gasteiger charge is -2.37. The van der Waals surface area contributed by atoms with Crippen molar-refractivity contribution in [3.05, 3.63) is 83.6 Å². The number of aryl methyl sites for hydroxylation is 1. The van der Waals surface area contributed by atoms with Gasteiger partial charge in [-0.25, -0.2) is 0 Å². The smallest absolute Gasteiger partial charge is 0.255 e. The Morgan fingerprint density at radius 1 is 0.968 bits per heavy atom. The highest BCUT2D eigenvalue weighted by Gasteiger charge is 2.31. The minimum Gasteiger partial charge on any atom is -0.461 e. The molecule has 0 aliphatic heterocycles. The Balaban J connectivity index is 1.38. The summed E-state index contributed by atoms with van der Waals surface area (Å²) in [7, 11) is 4.33. The lowest BCUT2D eigenvalue weighted by Crippen LogP contribution is -2.40. The first-order valence-corrected chi connectivity index (χ1v) is 11.2. The third-order valence-electron chi connectivity index (χ3n) is 6.47. The zero-order valence-corrected chi connectivity index (χ0v) is 18.7. The van der Waals surface area contributed by atoms with Crippen LogP contribution in [0.15, 0.2) is 71.1 Å². The standard InChI is InChI=1S/C27H32N2O2/c1-19-24(18-25(31-19)20-10-6-4-7-11-20)27(30)28-23-16-14-22(15-17-23)26(29(2)3)21-12-8-5-9-13-21/h4-13,18,22-23,26H,14-17H2,1-3H3,(H,28,30). The lowest BCUT2D eigenvalue weighted by molar-refractivity contribution is 0.0905. The van der Waals surface area contributed by atoms with Crippen molar-refractivity contribution < 1.29 is 9.21 Å². The van der Waals surface area contributed by atoms with Gasteiger partial charge in [0, 0.05) is 17.6 Å². The second-order valence-corrected chi connectivity index (χ2v) is 8.85. The van der Waals surface area contributed by atoms with E-state index in [0.29, 0.717) is 23.3 Å². The van der Waals surface area contributed by atoms with Crippen LogP contribution in [-0.2, 0) is 0 Å². The minimum atomic E-state index is -0.0286. The Morgan fingerprint density at radius 3 is 2.19 bits per heavy atom.